The maximum absolute atomic E-state index is 13.3. The number of carbonyl (C=O) groups excluding carboxylic acids is 2. The third-order valence-corrected chi connectivity index (χ3v) is 7.20. The molecule has 0 bridgehead atoms. The molecule has 1 saturated heterocycles. The van der Waals surface area contributed by atoms with E-state index < -0.39 is 23.5 Å². The smallest absolute Gasteiger partial charge is 0.480 e. The third kappa shape index (κ3) is 9.88. The summed E-state index contributed by atoms with van der Waals surface area (Å²) in [6.45, 7) is 9.08. The number of aryl methyl sites for hydroxylation is 1. The molecule has 3 rings (SSSR count). The van der Waals surface area contributed by atoms with Crippen LogP contribution in [0.3, 0.4) is 0 Å². The molecule has 0 saturated carbocycles. The first kappa shape index (κ1) is 33.8. The van der Waals surface area contributed by atoms with Gasteiger partial charge in [-0.25, -0.2) is 9.59 Å². The zero-order chi connectivity index (χ0) is 28.6. The van der Waals surface area contributed by atoms with E-state index in [9.17, 15) is 19.5 Å². The maximum Gasteiger partial charge on any atom is 1.00 e. The minimum Gasteiger partial charge on any atom is -0.480 e. The topological polar surface area (TPSA) is 105 Å². The van der Waals surface area contributed by atoms with E-state index in [4.69, 9.17) is 9.47 Å². The predicted octanol–water partition coefficient (Wildman–Crippen LogP) is 2.52. The molecule has 0 radical (unpaired) electrons. The molecule has 1 aliphatic rings. The van der Waals surface area contributed by atoms with Crippen LogP contribution in [0.15, 0.2) is 42.5 Å². The largest absolute Gasteiger partial charge is 1.00 e. The first-order valence-corrected chi connectivity index (χ1v) is 14.7. The van der Waals surface area contributed by atoms with Crippen molar-refractivity contribution in [3.05, 3.63) is 59.2 Å². The Bertz CT molecular complexity index is 1160. The van der Waals surface area contributed by atoms with Crippen LogP contribution < -0.4 is 24.2 Å². The summed E-state index contributed by atoms with van der Waals surface area (Å²) in [7, 11) is 0. The number of aliphatic carboxylic acids is 1. The number of hydrogen-bond donors (Lipinski definition) is 2. The number of ether oxygens (including phenoxy) is 2. The van der Waals surface area contributed by atoms with Gasteiger partial charge in [0.2, 0.25) is 0 Å². The van der Waals surface area contributed by atoms with Crippen molar-refractivity contribution in [3.8, 4) is 11.1 Å². The van der Waals surface area contributed by atoms with Crippen LogP contribution in [-0.4, -0.2) is 70.8 Å². The van der Waals surface area contributed by atoms with Crippen molar-refractivity contribution in [2.24, 2.45) is 0 Å². The predicted molar refractivity (Wildman–Crippen MR) is 154 cm³/mol. The van der Waals surface area contributed by atoms with Crippen molar-refractivity contribution in [3.63, 3.8) is 0 Å². The molecular formula is C30H40LiN2O6S+. The average Bonchev–Trinajstić information content (AvgIpc) is 2.89. The van der Waals surface area contributed by atoms with E-state index in [1.807, 2.05) is 70.3 Å². The minimum absolute atomic E-state index is 0. The van der Waals surface area contributed by atoms with E-state index in [-0.39, 0.29) is 31.1 Å². The van der Waals surface area contributed by atoms with E-state index in [1.54, 1.807) is 22.7 Å². The fourth-order valence-electron chi connectivity index (χ4n) is 4.45. The van der Waals surface area contributed by atoms with Gasteiger partial charge in [0.25, 0.3) is 5.91 Å². The molecule has 1 fully saturated rings. The van der Waals surface area contributed by atoms with Crippen molar-refractivity contribution in [2.75, 3.05) is 25.1 Å². The summed E-state index contributed by atoms with van der Waals surface area (Å²) in [5.41, 5.74) is 3.47. The van der Waals surface area contributed by atoms with Crippen LogP contribution in [0, 0.1) is 6.92 Å². The van der Waals surface area contributed by atoms with Crippen LogP contribution in [0.5, 0.6) is 0 Å². The molecule has 10 heteroatoms. The van der Waals surface area contributed by atoms with E-state index >= 15 is 0 Å². The summed E-state index contributed by atoms with van der Waals surface area (Å²) in [5, 5.41) is 12.3. The van der Waals surface area contributed by atoms with Gasteiger partial charge in [-0.1, -0.05) is 30.3 Å². The number of carboxylic acids is 1. The number of carboxylic acid groups (broad SMARTS) is 1. The number of piperidine rings is 1. The van der Waals surface area contributed by atoms with Crippen LogP contribution in [-0.2, 0) is 20.9 Å². The summed E-state index contributed by atoms with van der Waals surface area (Å²) >= 11 is 1.54. The summed E-state index contributed by atoms with van der Waals surface area (Å²) in [4.78, 5) is 39.0. The van der Waals surface area contributed by atoms with Crippen LogP contribution in [0.2, 0.25) is 0 Å². The van der Waals surface area contributed by atoms with Crippen LogP contribution in [0.4, 0.5) is 4.79 Å². The van der Waals surface area contributed by atoms with Crippen LogP contribution in [0.25, 0.3) is 11.1 Å². The number of rotatable bonds is 10. The molecule has 40 heavy (non-hydrogen) atoms. The number of thioether (sulfide) groups is 1. The molecule has 0 spiro atoms. The van der Waals surface area contributed by atoms with Gasteiger partial charge >= 0.3 is 30.9 Å². The second-order valence-electron chi connectivity index (χ2n) is 10.8. The second-order valence-corrected chi connectivity index (χ2v) is 11.8. The van der Waals surface area contributed by atoms with Crippen molar-refractivity contribution < 1.29 is 47.8 Å². The first-order valence-electron chi connectivity index (χ1n) is 13.3. The number of nitrogens with one attached hydrogen (secondary N) is 1. The zero-order valence-corrected chi connectivity index (χ0v) is 25.3. The van der Waals surface area contributed by atoms with Gasteiger partial charge in [-0.2, -0.15) is 11.8 Å². The molecule has 1 aliphatic heterocycles. The SMILES string of the molecule is CSCCC(NC(=O)c1ccc(COC2CCN(C(=O)OC(C)(C)C)CC2)cc1-c1ccccc1C)C(=O)O.[Li+]. The molecule has 0 aromatic heterocycles. The van der Waals surface area contributed by atoms with Gasteiger partial charge in [-0.3, -0.25) is 4.79 Å². The Kier molecular flexibility index (Phi) is 13.1. The normalized spacial score (nSPS) is 14.7. The quantitative estimate of drug-likeness (QED) is 0.428. The molecule has 212 valence electrons. The number of amides is 2. The zero-order valence-electron chi connectivity index (χ0n) is 24.5. The summed E-state index contributed by atoms with van der Waals surface area (Å²) in [6.07, 6.45) is 3.41. The van der Waals surface area contributed by atoms with Crippen LogP contribution >= 0.6 is 11.8 Å². The van der Waals surface area contributed by atoms with E-state index in [0.717, 1.165) is 35.1 Å². The van der Waals surface area contributed by atoms with Gasteiger partial charge in [-0.05, 0) is 93.4 Å². The van der Waals surface area contributed by atoms with Crippen molar-refractivity contribution in [2.45, 2.75) is 71.3 Å². The third-order valence-electron chi connectivity index (χ3n) is 6.56. The van der Waals surface area contributed by atoms with Gasteiger partial charge in [0.1, 0.15) is 11.6 Å². The van der Waals surface area contributed by atoms with Gasteiger partial charge in [0, 0.05) is 18.7 Å². The number of nitrogens with zero attached hydrogens (tertiary/aromatic N) is 1. The Labute approximate surface area is 253 Å². The van der Waals surface area contributed by atoms with Crippen LogP contribution in [0.1, 0.15) is 61.5 Å². The van der Waals surface area contributed by atoms with Crippen molar-refractivity contribution in [1.29, 1.82) is 0 Å². The maximum atomic E-state index is 13.3. The Morgan fingerprint density at radius 2 is 1.77 bits per heavy atom. The molecule has 0 aliphatic carbocycles. The fourth-order valence-corrected chi connectivity index (χ4v) is 4.92. The van der Waals surface area contributed by atoms with Gasteiger partial charge < -0.3 is 24.8 Å². The number of likely N-dealkylation sites (tertiary alicyclic amines) is 1. The molecular weight excluding hydrogens is 523 g/mol. The Morgan fingerprint density at radius 3 is 2.38 bits per heavy atom. The van der Waals surface area contributed by atoms with Crippen molar-refractivity contribution >= 4 is 29.7 Å². The summed E-state index contributed by atoms with van der Waals surface area (Å²) < 4.78 is 11.7. The standard InChI is InChI=1S/C30H40N2O6S.Li/c1-20-8-6-7-9-23(20)25-18-21(10-11-24(25)27(33)31-26(28(34)35)14-17-39-5)19-37-22-12-15-32(16-13-22)29(36)38-30(2,3)4;/h6-11,18,22,26H,12-17,19H2,1-5H3,(H,31,33)(H,34,35);/q;+1. The van der Waals surface area contributed by atoms with E-state index in [1.165, 1.54) is 0 Å². The van der Waals surface area contributed by atoms with Gasteiger partial charge in [-0.15, -0.1) is 0 Å². The van der Waals surface area contributed by atoms with Gasteiger partial charge in [0.05, 0.1) is 12.7 Å². The summed E-state index contributed by atoms with van der Waals surface area (Å²) in [5.74, 6) is -0.823. The second kappa shape index (κ2) is 15.5. The average molecular weight is 564 g/mol. The first-order chi connectivity index (χ1) is 18.5. The monoisotopic (exact) mass is 563 g/mol. The Hall–Kier alpha value is -2.44. The van der Waals surface area contributed by atoms with E-state index in [0.29, 0.717) is 37.4 Å². The Balaban J connectivity index is 0.00000560. The molecule has 2 amide bonds. The fraction of sp³-hybridized carbons (Fsp3) is 0.500. The molecule has 1 unspecified atom stereocenters. The number of hydrogen-bond acceptors (Lipinski definition) is 6. The van der Waals surface area contributed by atoms with Crippen molar-refractivity contribution in [1.82, 2.24) is 10.2 Å². The number of benzene rings is 2. The molecule has 2 N–H and O–H groups in total. The molecule has 2 aromatic carbocycles. The molecule has 8 nitrogen and oxygen atoms in total. The summed E-state index contributed by atoms with van der Waals surface area (Å²) in [6, 6.07) is 12.4. The molecule has 1 atom stereocenters. The minimum atomic E-state index is -1.04. The molecule has 2 aromatic rings. The molecule has 1 heterocycles. The Morgan fingerprint density at radius 1 is 1.10 bits per heavy atom. The van der Waals surface area contributed by atoms with Gasteiger partial charge in [0.15, 0.2) is 0 Å². The number of carbonyl (C=O) groups is 3. The van der Waals surface area contributed by atoms with E-state index in [2.05, 4.69) is 5.32 Å².